The Balaban J connectivity index is 3.77. The van der Waals surface area contributed by atoms with Crippen LogP contribution in [0, 0.1) is 5.92 Å². The van der Waals surface area contributed by atoms with Gasteiger partial charge in [0.1, 0.15) is 0 Å². The van der Waals surface area contributed by atoms with Gasteiger partial charge in [-0.1, -0.05) is 27.2 Å². The Morgan fingerprint density at radius 2 is 2.08 bits per heavy atom. The van der Waals surface area contributed by atoms with Crippen LogP contribution >= 0.6 is 0 Å². The van der Waals surface area contributed by atoms with Crippen molar-refractivity contribution in [2.75, 3.05) is 13.1 Å². The first kappa shape index (κ1) is 12.1. The monoisotopic (exact) mass is 192 g/mol. The molecular weight excluding hydrogens is 174 g/mol. The Kier molecular flexibility index (Phi) is 6.61. The van der Waals surface area contributed by atoms with Crippen LogP contribution in [-0.4, -0.2) is 26.2 Å². The van der Waals surface area contributed by atoms with Gasteiger partial charge in [-0.3, -0.25) is 4.21 Å². The minimum Gasteiger partial charge on any atom is -0.760 e. The van der Waals surface area contributed by atoms with Crippen LogP contribution in [0.2, 0.25) is 0 Å². The highest BCUT2D eigenvalue weighted by atomic mass is 32.2. The predicted octanol–water partition coefficient (Wildman–Crippen LogP) is 1.54. The number of rotatable bonds is 6. The molecule has 4 heteroatoms. The largest absolute Gasteiger partial charge is 0.760 e. The SMILES string of the molecule is CCCC(C)CN(CC)S(=O)[O-]. The summed E-state index contributed by atoms with van der Waals surface area (Å²) in [6.45, 7) is 7.28. The van der Waals surface area contributed by atoms with Crippen LogP contribution in [0.25, 0.3) is 0 Å². The fourth-order valence-corrected chi connectivity index (χ4v) is 1.81. The second-order valence-corrected chi connectivity index (χ2v) is 4.04. The third-order valence-corrected chi connectivity index (χ3v) is 2.69. The summed E-state index contributed by atoms with van der Waals surface area (Å²) in [5.41, 5.74) is 0. The van der Waals surface area contributed by atoms with E-state index in [9.17, 15) is 8.76 Å². The normalized spacial score (nSPS) is 16.4. The molecule has 0 bridgehead atoms. The van der Waals surface area contributed by atoms with Crippen LogP contribution in [0.5, 0.6) is 0 Å². The Hall–Kier alpha value is 0.0700. The molecule has 0 fully saturated rings. The van der Waals surface area contributed by atoms with Gasteiger partial charge in [0.05, 0.1) is 0 Å². The minimum atomic E-state index is -2.04. The van der Waals surface area contributed by atoms with Crippen molar-refractivity contribution >= 4 is 11.3 Å². The van der Waals surface area contributed by atoms with Gasteiger partial charge in [0.25, 0.3) is 0 Å². The number of hydrogen-bond acceptors (Lipinski definition) is 2. The highest BCUT2D eigenvalue weighted by Crippen LogP contribution is 2.07. The Morgan fingerprint density at radius 1 is 1.50 bits per heavy atom. The van der Waals surface area contributed by atoms with Gasteiger partial charge < -0.3 is 4.55 Å². The Labute approximate surface area is 77.6 Å². The highest BCUT2D eigenvalue weighted by Gasteiger charge is 2.07. The summed E-state index contributed by atoms with van der Waals surface area (Å²) < 4.78 is 22.7. The van der Waals surface area contributed by atoms with Gasteiger partial charge in [-0.2, -0.15) is 0 Å². The van der Waals surface area contributed by atoms with E-state index in [-0.39, 0.29) is 0 Å². The quantitative estimate of drug-likeness (QED) is 0.599. The van der Waals surface area contributed by atoms with Crippen molar-refractivity contribution in [3.05, 3.63) is 0 Å². The first-order valence-electron chi connectivity index (χ1n) is 4.46. The van der Waals surface area contributed by atoms with Crippen LogP contribution in [0.4, 0.5) is 0 Å². The average Bonchev–Trinajstić information content (AvgIpc) is 2.00. The predicted molar refractivity (Wildman–Crippen MR) is 50.2 cm³/mol. The van der Waals surface area contributed by atoms with Gasteiger partial charge in [-0.15, -0.1) is 0 Å². The molecule has 0 heterocycles. The minimum absolute atomic E-state index is 0.466. The van der Waals surface area contributed by atoms with Crippen LogP contribution < -0.4 is 0 Å². The summed E-state index contributed by atoms with van der Waals surface area (Å²) in [5.74, 6) is 0.466. The topological polar surface area (TPSA) is 43.4 Å². The molecule has 0 aliphatic carbocycles. The molecule has 0 saturated carbocycles. The maximum atomic E-state index is 10.6. The molecule has 0 aromatic rings. The number of nitrogens with zero attached hydrogens (tertiary/aromatic N) is 1. The van der Waals surface area contributed by atoms with E-state index in [2.05, 4.69) is 13.8 Å². The molecule has 0 spiro atoms. The average molecular weight is 192 g/mol. The van der Waals surface area contributed by atoms with E-state index < -0.39 is 11.3 Å². The summed E-state index contributed by atoms with van der Waals surface area (Å²) >= 11 is -2.04. The molecule has 0 saturated heterocycles. The lowest BCUT2D eigenvalue weighted by Crippen LogP contribution is -2.30. The molecular formula is C8H18NO2S-. The van der Waals surface area contributed by atoms with E-state index in [0.29, 0.717) is 19.0 Å². The molecule has 0 aromatic heterocycles. The van der Waals surface area contributed by atoms with Crippen LogP contribution in [-0.2, 0) is 11.3 Å². The first-order chi connectivity index (χ1) is 5.61. The highest BCUT2D eigenvalue weighted by molar-refractivity contribution is 7.76. The van der Waals surface area contributed by atoms with Crippen LogP contribution in [0.3, 0.4) is 0 Å². The van der Waals surface area contributed by atoms with E-state index in [1.54, 1.807) is 0 Å². The molecule has 0 aromatic carbocycles. The molecule has 0 amide bonds. The zero-order valence-corrected chi connectivity index (χ0v) is 8.89. The van der Waals surface area contributed by atoms with E-state index in [1.165, 1.54) is 4.31 Å². The Bertz CT molecular complexity index is 141. The second kappa shape index (κ2) is 6.57. The Morgan fingerprint density at radius 3 is 2.42 bits per heavy atom. The van der Waals surface area contributed by atoms with Crippen molar-refractivity contribution in [2.24, 2.45) is 5.92 Å². The van der Waals surface area contributed by atoms with Gasteiger partial charge >= 0.3 is 0 Å². The van der Waals surface area contributed by atoms with Gasteiger partial charge in [0, 0.05) is 24.4 Å². The molecule has 12 heavy (non-hydrogen) atoms. The molecule has 3 nitrogen and oxygen atoms in total. The van der Waals surface area contributed by atoms with Crippen molar-refractivity contribution in [3.63, 3.8) is 0 Å². The lowest BCUT2D eigenvalue weighted by atomic mass is 10.1. The lowest BCUT2D eigenvalue weighted by molar-refractivity contribution is 0.341. The summed E-state index contributed by atoms with van der Waals surface area (Å²) in [5, 5.41) is 0. The standard InChI is InChI=1S/C8H19NO2S/c1-4-6-8(3)7-9(5-2)12(10)11/h8H,4-7H2,1-3H3,(H,10,11)/p-1. The smallest absolute Gasteiger partial charge is 0.0209 e. The van der Waals surface area contributed by atoms with Crippen LogP contribution in [0.15, 0.2) is 0 Å². The van der Waals surface area contributed by atoms with E-state index in [0.717, 1.165) is 12.8 Å². The van der Waals surface area contributed by atoms with Crippen molar-refractivity contribution < 1.29 is 8.76 Å². The molecule has 74 valence electrons. The van der Waals surface area contributed by atoms with E-state index in [4.69, 9.17) is 0 Å². The lowest BCUT2D eigenvalue weighted by Gasteiger charge is -2.25. The summed E-state index contributed by atoms with van der Waals surface area (Å²) in [4.78, 5) is 0. The van der Waals surface area contributed by atoms with Crippen molar-refractivity contribution in [2.45, 2.75) is 33.6 Å². The third kappa shape index (κ3) is 4.85. The van der Waals surface area contributed by atoms with Gasteiger partial charge in [-0.25, -0.2) is 4.31 Å². The zero-order chi connectivity index (χ0) is 9.56. The fourth-order valence-electron chi connectivity index (χ4n) is 1.23. The summed E-state index contributed by atoms with van der Waals surface area (Å²) in [7, 11) is 0. The molecule has 0 rings (SSSR count). The van der Waals surface area contributed by atoms with Crippen molar-refractivity contribution in [3.8, 4) is 0 Å². The maximum absolute atomic E-state index is 10.6. The molecule has 0 aliphatic rings. The second-order valence-electron chi connectivity index (χ2n) is 3.09. The van der Waals surface area contributed by atoms with Crippen molar-refractivity contribution in [1.29, 1.82) is 0 Å². The van der Waals surface area contributed by atoms with Crippen molar-refractivity contribution in [1.82, 2.24) is 4.31 Å². The summed E-state index contributed by atoms with van der Waals surface area (Å²) in [6.07, 6.45) is 2.21. The fraction of sp³-hybridized carbons (Fsp3) is 1.00. The zero-order valence-electron chi connectivity index (χ0n) is 8.08. The molecule has 0 aliphatic heterocycles. The van der Waals surface area contributed by atoms with Crippen LogP contribution in [0.1, 0.15) is 33.6 Å². The van der Waals surface area contributed by atoms with E-state index >= 15 is 0 Å². The third-order valence-electron chi connectivity index (χ3n) is 1.86. The number of hydrogen-bond donors (Lipinski definition) is 0. The first-order valence-corrected chi connectivity index (χ1v) is 5.49. The van der Waals surface area contributed by atoms with E-state index in [1.807, 2.05) is 6.92 Å². The van der Waals surface area contributed by atoms with Gasteiger partial charge in [0.15, 0.2) is 0 Å². The molecule has 2 unspecified atom stereocenters. The van der Waals surface area contributed by atoms with Gasteiger partial charge in [0.2, 0.25) is 0 Å². The molecule has 2 atom stereocenters. The van der Waals surface area contributed by atoms with Gasteiger partial charge in [-0.05, 0) is 12.3 Å². The molecule has 0 radical (unpaired) electrons. The molecule has 0 N–H and O–H groups in total. The maximum Gasteiger partial charge on any atom is 0.0209 e. The summed E-state index contributed by atoms with van der Waals surface area (Å²) in [6, 6.07) is 0.